The highest BCUT2D eigenvalue weighted by atomic mass is 16.7. The van der Waals surface area contributed by atoms with Gasteiger partial charge in [0, 0.05) is 12.1 Å². The van der Waals surface area contributed by atoms with Gasteiger partial charge in [0.2, 0.25) is 12.4 Å². The van der Waals surface area contributed by atoms with E-state index in [1.165, 1.54) is 24.3 Å². The van der Waals surface area contributed by atoms with Crippen LogP contribution in [0.2, 0.25) is 0 Å². The zero-order valence-corrected chi connectivity index (χ0v) is 18.3. The number of rotatable bonds is 8. The third-order valence-corrected chi connectivity index (χ3v) is 5.64. The van der Waals surface area contributed by atoms with Crippen molar-refractivity contribution < 1.29 is 43.7 Å². The van der Waals surface area contributed by atoms with Crippen LogP contribution in [0.1, 0.15) is 0 Å². The molecule has 1 aliphatic heterocycles. The molecule has 0 unspecified atom stereocenters. The molecular weight excluding hydrogens is 462 g/mol. The van der Waals surface area contributed by atoms with Crippen LogP contribution in [0.3, 0.4) is 0 Å². The summed E-state index contributed by atoms with van der Waals surface area (Å²) < 4.78 is 22.6. The van der Waals surface area contributed by atoms with Gasteiger partial charge in [-0.2, -0.15) is 0 Å². The summed E-state index contributed by atoms with van der Waals surface area (Å²) in [5.41, 5.74) is -0.169. The summed E-state index contributed by atoms with van der Waals surface area (Å²) in [5, 5.41) is 31.5. The first kappa shape index (κ1) is 24.3. The zero-order chi connectivity index (χ0) is 24.9. The van der Waals surface area contributed by atoms with Crippen LogP contribution in [0.4, 0.5) is 5.69 Å². The molecule has 4 rings (SSSR count). The van der Waals surface area contributed by atoms with Crippen molar-refractivity contribution in [2.24, 2.45) is 11.8 Å². The highest BCUT2D eigenvalue weighted by Crippen LogP contribution is 2.31. The van der Waals surface area contributed by atoms with Gasteiger partial charge in [-0.05, 0) is 12.1 Å². The standard InChI is InChI=1S/C24H23NO10/c26-13-18-19(27)20(34-22(28)14-5-1-2-6-14)21(35-23(29)15-7-3-4-8-15)24(33-18)32-17-11-9-16(10-12-17)25(30)31/h1-12,14-15,18-21,24,26-27H,13H2/t18-,19-,20+,21-,24-/m1/s1. The fraction of sp³-hybridized carbons (Fsp3) is 0.333. The van der Waals surface area contributed by atoms with Crippen molar-refractivity contribution in [1.82, 2.24) is 0 Å². The van der Waals surface area contributed by atoms with Crippen LogP contribution in [0, 0.1) is 22.0 Å². The summed E-state index contributed by atoms with van der Waals surface area (Å²) in [6.45, 7) is -0.645. The lowest BCUT2D eigenvalue weighted by Crippen LogP contribution is -2.62. The molecule has 0 radical (unpaired) electrons. The van der Waals surface area contributed by atoms with Gasteiger partial charge in [0.1, 0.15) is 18.0 Å². The van der Waals surface area contributed by atoms with Gasteiger partial charge < -0.3 is 29.2 Å². The molecule has 3 aliphatic rings. The largest absolute Gasteiger partial charge is 0.461 e. The molecule has 1 aromatic carbocycles. The summed E-state index contributed by atoms with van der Waals surface area (Å²) in [6.07, 6.45) is 6.02. The quantitative estimate of drug-likeness (QED) is 0.313. The molecule has 0 aromatic heterocycles. The zero-order valence-electron chi connectivity index (χ0n) is 18.3. The van der Waals surface area contributed by atoms with Crippen LogP contribution in [-0.4, -0.2) is 64.4 Å². The summed E-state index contributed by atoms with van der Waals surface area (Å²) >= 11 is 0. The van der Waals surface area contributed by atoms with Gasteiger partial charge in [-0.15, -0.1) is 0 Å². The second-order valence-corrected chi connectivity index (χ2v) is 7.98. The Hall–Kier alpha value is -3.80. The maximum atomic E-state index is 12.8. The normalized spacial score (nSPS) is 27.8. The van der Waals surface area contributed by atoms with Crippen molar-refractivity contribution in [2.75, 3.05) is 6.61 Å². The number of nitrogens with zero attached hydrogens (tertiary/aromatic N) is 1. The van der Waals surface area contributed by atoms with E-state index in [9.17, 15) is 29.9 Å². The number of nitro benzene ring substituents is 1. The highest BCUT2D eigenvalue weighted by Gasteiger charge is 2.51. The number of aliphatic hydroxyl groups excluding tert-OH is 2. The lowest BCUT2D eigenvalue weighted by molar-refractivity contribution is -0.384. The van der Waals surface area contributed by atoms with Crippen molar-refractivity contribution in [1.29, 1.82) is 0 Å². The van der Waals surface area contributed by atoms with E-state index in [0.717, 1.165) is 0 Å². The SMILES string of the molecule is O=C(O[C@H]1[C@H](Oc2ccc([N+](=O)[O-])cc2)O[C@H](CO)[C@@H](O)[C@@H]1OC(=O)C1C=CC=C1)C1C=CC=C1. The lowest BCUT2D eigenvalue weighted by atomic mass is 9.98. The Balaban J connectivity index is 1.61. The Labute approximate surface area is 199 Å². The van der Waals surface area contributed by atoms with E-state index in [1.54, 1.807) is 48.6 Å². The van der Waals surface area contributed by atoms with Crippen molar-refractivity contribution >= 4 is 17.6 Å². The van der Waals surface area contributed by atoms with E-state index in [0.29, 0.717) is 0 Å². The fourth-order valence-electron chi connectivity index (χ4n) is 3.78. The van der Waals surface area contributed by atoms with Gasteiger partial charge in [0.15, 0.2) is 6.10 Å². The number of carbonyl (C=O) groups excluding carboxylic acids is 2. The van der Waals surface area contributed by atoms with E-state index < -0.39 is 66.0 Å². The lowest BCUT2D eigenvalue weighted by Gasteiger charge is -2.43. The van der Waals surface area contributed by atoms with Crippen LogP contribution < -0.4 is 4.74 Å². The first-order chi connectivity index (χ1) is 16.9. The Kier molecular flexibility index (Phi) is 7.39. The molecule has 0 amide bonds. The smallest absolute Gasteiger partial charge is 0.317 e. The molecule has 0 bridgehead atoms. The molecule has 0 spiro atoms. The maximum Gasteiger partial charge on any atom is 0.317 e. The van der Waals surface area contributed by atoms with Crippen LogP contribution in [0.25, 0.3) is 0 Å². The molecule has 1 aromatic rings. The molecule has 0 saturated carbocycles. The number of hydrogen-bond acceptors (Lipinski definition) is 10. The molecule has 5 atom stereocenters. The van der Waals surface area contributed by atoms with Crippen LogP contribution in [0.15, 0.2) is 72.9 Å². The van der Waals surface area contributed by atoms with Crippen molar-refractivity contribution in [3.05, 3.63) is 83.0 Å². The number of carbonyl (C=O) groups is 2. The number of esters is 2. The number of aliphatic hydroxyl groups is 2. The molecule has 1 heterocycles. The molecule has 1 fully saturated rings. The average molecular weight is 485 g/mol. The number of ether oxygens (including phenoxy) is 4. The molecule has 35 heavy (non-hydrogen) atoms. The monoisotopic (exact) mass is 485 g/mol. The molecule has 1 saturated heterocycles. The maximum absolute atomic E-state index is 12.8. The van der Waals surface area contributed by atoms with Crippen LogP contribution >= 0.6 is 0 Å². The Morgan fingerprint density at radius 3 is 1.91 bits per heavy atom. The van der Waals surface area contributed by atoms with Gasteiger partial charge in [0.25, 0.3) is 5.69 Å². The van der Waals surface area contributed by atoms with Crippen LogP contribution in [0.5, 0.6) is 5.75 Å². The van der Waals surface area contributed by atoms with Crippen LogP contribution in [-0.2, 0) is 23.8 Å². The second-order valence-electron chi connectivity index (χ2n) is 7.98. The summed E-state index contributed by atoms with van der Waals surface area (Å²) in [6, 6.07) is 5.05. The first-order valence-electron chi connectivity index (χ1n) is 10.8. The van der Waals surface area contributed by atoms with Crippen molar-refractivity contribution in [3.63, 3.8) is 0 Å². The van der Waals surface area contributed by atoms with E-state index in [2.05, 4.69) is 0 Å². The minimum absolute atomic E-state index is 0.127. The first-order valence-corrected chi connectivity index (χ1v) is 10.8. The highest BCUT2D eigenvalue weighted by molar-refractivity contribution is 5.79. The minimum atomic E-state index is -1.54. The Bertz CT molecular complexity index is 1050. The van der Waals surface area contributed by atoms with Gasteiger partial charge in [-0.1, -0.05) is 48.6 Å². The topological polar surface area (TPSA) is 155 Å². The Morgan fingerprint density at radius 1 is 0.914 bits per heavy atom. The molecular formula is C24H23NO10. The summed E-state index contributed by atoms with van der Waals surface area (Å²) in [5.74, 6) is -2.66. The Morgan fingerprint density at radius 2 is 1.43 bits per heavy atom. The number of nitro groups is 1. The molecule has 2 aliphatic carbocycles. The van der Waals surface area contributed by atoms with Gasteiger partial charge >= 0.3 is 11.9 Å². The molecule has 2 N–H and O–H groups in total. The van der Waals surface area contributed by atoms with E-state index in [4.69, 9.17) is 18.9 Å². The summed E-state index contributed by atoms with van der Waals surface area (Å²) in [4.78, 5) is 35.8. The molecule has 184 valence electrons. The number of benzene rings is 1. The van der Waals surface area contributed by atoms with Gasteiger partial charge in [0.05, 0.1) is 23.4 Å². The fourth-order valence-corrected chi connectivity index (χ4v) is 3.78. The number of hydrogen-bond donors (Lipinski definition) is 2. The average Bonchev–Trinajstić information content (AvgIpc) is 3.58. The minimum Gasteiger partial charge on any atom is -0.461 e. The third-order valence-electron chi connectivity index (χ3n) is 5.64. The van der Waals surface area contributed by atoms with E-state index >= 15 is 0 Å². The molecule has 11 heteroatoms. The predicted octanol–water partition coefficient (Wildman–Crippen LogP) is 1.36. The second kappa shape index (κ2) is 10.6. The third kappa shape index (κ3) is 5.48. The summed E-state index contributed by atoms with van der Waals surface area (Å²) in [7, 11) is 0. The van der Waals surface area contributed by atoms with Crippen molar-refractivity contribution in [3.8, 4) is 5.75 Å². The van der Waals surface area contributed by atoms with Gasteiger partial charge in [-0.25, -0.2) is 0 Å². The predicted molar refractivity (Wildman–Crippen MR) is 119 cm³/mol. The van der Waals surface area contributed by atoms with E-state index in [1.807, 2.05) is 0 Å². The van der Waals surface area contributed by atoms with Gasteiger partial charge in [-0.3, -0.25) is 19.7 Å². The molecule has 11 nitrogen and oxygen atoms in total. The number of non-ortho nitro benzene ring substituents is 1. The van der Waals surface area contributed by atoms with E-state index in [-0.39, 0.29) is 11.4 Å². The number of allylic oxidation sites excluding steroid dienone is 4. The van der Waals surface area contributed by atoms with Crippen molar-refractivity contribution in [2.45, 2.75) is 30.7 Å².